The number of amides is 1. The molecule has 6 rings (SSSR count). The second kappa shape index (κ2) is 6.59. The lowest BCUT2D eigenvalue weighted by atomic mass is 9.88. The maximum absolute atomic E-state index is 13.5. The highest BCUT2D eigenvalue weighted by atomic mass is 16.5. The maximum Gasteiger partial charge on any atom is 0.230 e. The first-order valence-electron chi connectivity index (χ1n) is 10.0. The Morgan fingerprint density at radius 2 is 1.81 bits per heavy atom. The lowest BCUT2D eigenvalue weighted by Gasteiger charge is -2.53. The number of ether oxygens (including phenoxy) is 1. The molecule has 3 aliphatic heterocycles. The molecule has 3 saturated heterocycles. The fourth-order valence-electron chi connectivity index (χ4n) is 5.20. The van der Waals surface area contributed by atoms with Gasteiger partial charge in [-0.2, -0.15) is 0 Å². The molecule has 27 heavy (non-hydrogen) atoms. The molecule has 0 N–H and O–H groups in total. The number of hydrogen-bond donors (Lipinski definition) is 0. The smallest absolute Gasteiger partial charge is 0.230 e. The predicted octanol–water partition coefficient (Wildman–Crippen LogP) is 3.60. The molecule has 0 aromatic heterocycles. The molecule has 4 aliphatic rings. The van der Waals surface area contributed by atoms with Crippen LogP contribution < -0.4 is 9.64 Å². The third-order valence-corrected chi connectivity index (χ3v) is 6.63. The predicted molar refractivity (Wildman–Crippen MR) is 106 cm³/mol. The molecule has 0 spiro atoms. The number of piperidine rings is 2. The lowest BCUT2D eigenvalue weighted by Crippen LogP contribution is -2.64. The van der Waals surface area contributed by atoms with Crippen LogP contribution in [-0.4, -0.2) is 43.1 Å². The Bertz CT molecular complexity index is 851. The summed E-state index contributed by atoms with van der Waals surface area (Å²) in [5, 5.41) is 0. The molecule has 2 aromatic carbocycles. The van der Waals surface area contributed by atoms with Crippen molar-refractivity contribution in [1.82, 2.24) is 4.90 Å². The number of anilines is 1. The molecule has 1 amide bonds. The first kappa shape index (κ1) is 16.7. The topological polar surface area (TPSA) is 32.8 Å². The Labute approximate surface area is 160 Å². The summed E-state index contributed by atoms with van der Waals surface area (Å²) in [6, 6.07) is 17.6. The third-order valence-electron chi connectivity index (χ3n) is 6.63. The molecule has 2 aromatic rings. The van der Waals surface area contributed by atoms with Crippen molar-refractivity contribution in [3.8, 4) is 5.75 Å². The normalized spacial score (nSPS) is 26.2. The van der Waals surface area contributed by atoms with Gasteiger partial charge in [-0.3, -0.25) is 4.79 Å². The molecule has 3 heterocycles. The number of nitrogens with zero attached hydrogens (tertiary/aromatic N) is 2. The zero-order chi connectivity index (χ0) is 18.4. The van der Waals surface area contributed by atoms with Crippen molar-refractivity contribution in [2.24, 2.45) is 0 Å². The Balaban J connectivity index is 1.36. The van der Waals surface area contributed by atoms with Crippen LogP contribution in [-0.2, 0) is 11.2 Å². The van der Waals surface area contributed by atoms with E-state index in [4.69, 9.17) is 4.74 Å². The van der Waals surface area contributed by atoms with Crippen molar-refractivity contribution in [2.75, 3.05) is 25.1 Å². The minimum absolute atomic E-state index is 0.000347. The summed E-state index contributed by atoms with van der Waals surface area (Å²) >= 11 is 0. The number of methoxy groups -OCH3 is 1. The molecular weight excluding hydrogens is 336 g/mol. The summed E-state index contributed by atoms with van der Waals surface area (Å²) in [6.45, 7) is 1.81. The molecule has 2 bridgehead atoms. The molecule has 0 saturated carbocycles. The minimum atomic E-state index is -0.000347. The van der Waals surface area contributed by atoms with Crippen LogP contribution in [0, 0.1) is 0 Å². The molecule has 4 heteroatoms. The third kappa shape index (κ3) is 2.78. The minimum Gasteiger partial charge on any atom is -0.497 e. The zero-order valence-electron chi connectivity index (χ0n) is 15.8. The summed E-state index contributed by atoms with van der Waals surface area (Å²) in [5.74, 6) is 1.17. The highest BCUT2D eigenvalue weighted by Crippen LogP contribution is 2.40. The van der Waals surface area contributed by atoms with Crippen LogP contribution in [0.15, 0.2) is 48.5 Å². The van der Waals surface area contributed by atoms with Gasteiger partial charge in [0.25, 0.3) is 0 Å². The monoisotopic (exact) mass is 362 g/mol. The Kier molecular flexibility index (Phi) is 4.07. The Hall–Kier alpha value is -2.49. The molecular formula is C23H26N2O2. The maximum atomic E-state index is 13.5. The van der Waals surface area contributed by atoms with Crippen molar-refractivity contribution in [3.63, 3.8) is 0 Å². The molecule has 1 aliphatic carbocycles. The van der Waals surface area contributed by atoms with E-state index in [2.05, 4.69) is 52.3 Å². The number of rotatable bonds is 3. The number of aryl methyl sites for hydroxylation is 1. The van der Waals surface area contributed by atoms with Gasteiger partial charge in [-0.05, 0) is 61.1 Å². The van der Waals surface area contributed by atoms with Crippen molar-refractivity contribution >= 4 is 11.6 Å². The van der Waals surface area contributed by atoms with E-state index in [-0.39, 0.29) is 5.92 Å². The van der Waals surface area contributed by atoms with Crippen LogP contribution in [0.3, 0.4) is 0 Å². The van der Waals surface area contributed by atoms with E-state index >= 15 is 0 Å². The Morgan fingerprint density at radius 1 is 1.00 bits per heavy atom. The van der Waals surface area contributed by atoms with Crippen molar-refractivity contribution in [2.45, 2.75) is 43.7 Å². The number of piperazine rings is 1. The van der Waals surface area contributed by atoms with E-state index in [0.29, 0.717) is 18.0 Å². The molecule has 140 valence electrons. The highest BCUT2D eigenvalue weighted by Gasteiger charge is 2.43. The van der Waals surface area contributed by atoms with Crippen LogP contribution in [0.5, 0.6) is 5.75 Å². The van der Waals surface area contributed by atoms with E-state index in [1.54, 1.807) is 7.11 Å². The van der Waals surface area contributed by atoms with Crippen LogP contribution in [0.4, 0.5) is 5.69 Å². The number of benzene rings is 2. The molecule has 1 unspecified atom stereocenters. The van der Waals surface area contributed by atoms with Gasteiger partial charge in [-0.25, -0.2) is 0 Å². The van der Waals surface area contributed by atoms with Crippen LogP contribution in [0.1, 0.15) is 36.3 Å². The first-order valence-corrected chi connectivity index (χ1v) is 10.0. The second-order valence-corrected chi connectivity index (χ2v) is 8.02. The van der Waals surface area contributed by atoms with Gasteiger partial charge >= 0.3 is 0 Å². The van der Waals surface area contributed by atoms with Gasteiger partial charge < -0.3 is 14.5 Å². The molecule has 4 nitrogen and oxygen atoms in total. The second-order valence-electron chi connectivity index (χ2n) is 8.02. The van der Waals surface area contributed by atoms with E-state index in [0.717, 1.165) is 38.1 Å². The quantitative estimate of drug-likeness (QED) is 0.836. The lowest BCUT2D eigenvalue weighted by molar-refractivity contribution is -0.138. The molecule has 0 radical (unpaired) electrons. The van der Waals surface area contributed by atoms with Crippen molar-refractivity contribution in [3.05, 3.63) is 59.7 Å². The largest absolute Gasteiger partial charge is 0.497 e. The highest BCUT2D eigenvalue weighted by molar-refractivity contribution is 5.86. The van der Waals surface area contributed by atoms with Gasteiger partial charge in [0.1, 0.15) is 5.75 Å². The van der Waals surface area contributed by atoms with Crippen molar-refractivity contribution in [1.29, 1.82) is 0 Å². The number of hydrogen-bond acceptors (Lipinski definition) is 3. The number of fused-ring (bicyclic) bond motifs is 4. The fourth-order valence-corrected chi connectivity index (χ4v) is 5.20. The van der Waals surface area contributed by atoms with Gasteiger partial charge in [0.15, 0.2) is 0 Å². The van der Waals surface area contributed by atoms with Gasteiger partial charge in [0.05, 0.1) is 13.0 Å². The van der Waals surface area contributed by atoms with Gasteiger partial charge in [-0.15, -0.1) is 0 Å². The number of carbonyl (C=O) groups is 1. The summed E-state index contributed by atoms with van der Waals surface area (Å²) in [4.78, 5) is 18.2. The van der Waals surface area contributed by atoms with Crippen LogP contribution in [0.2, 0.25) is 0 Å². The fraction of sp³-hybridized carbons (Fsp3) is 0.435. The summed E-state index contributed by atoms with van der Waals surface area (Å²) in [6.07, 6.45) is 4.22. The summed E-state index contributed by atoms with van der Waals surface area (Å²) in [7, 11) is 1.69. The van der Waals surface area contributed by atoms with Crippen LogP contribution >= 0.6 is 0 Å². The van der Waals surface area contributed by atoms with Gasteiger partial charge in [-0.1, -0.05) is 24.3 Å². The van der Waals surface area contributed by atoms with Crippen LogP contribution in [0.25, 0.3) is 0 Å². The SMILES string of the molecule is COc1ccc2c(c1)C(C(=O)N1C[C@@H]3CC[C@@H]1CN3c1ccccc1)CC2. The first-order chi connectivity index (χ1) is 13.2. The molecule has 3 fully saturated rings. The average molecular weight is 362 g/mol. The zero-order valence-corrected chi connectivity index (χ0v) is 15.8. The average Bonchev–Trinajstić information content (AvgIpc) is 3.17. The van der Waals surface area contributed by atoms with Gasteiger partial charge in [0, 0.05) is 30.9 Å². The summed E-state index contributed by atoms with van der Waals surface area (Å²) in [5.41, 5.74) is 3.78. The summed E-state index contributed by atoms with van der Waals surface area (Å²) < 4.78 is 5.39. The molecule has 3 atom stereocenters. The van der Waals surface area contributed by atoms with Gasteiger partial charge in [0.2, 0.25) is 5.91 Å². The van der Waals surface area contributed by atoms with Crippen molar-refractivity contribution < 1.29 is 9.53 Å². The van der Waals surface area contributed by atoms with E-state index < -0.39 is 0 Å². The number of carbonyl (C=O) groups excluding carboxylic acids is 1. The Morgan fingerprint density at radius 3 is 2.56 bits per heavy atom. The number of para-hydroxylation sites is 1. The van der Waals surface area contributed by atoms with E-state index in [1.807, 2.05) is 6.07 Å². The standard InChI is InChI=1S/C23H26N2O2/c1-27-20-11-7-16-8-12-21(22(16)13-20)23(26)25-15-18-9-10-19(25)14-24(18)17-5-3-2-4-6-17/h2-7,11,13,18-19,21H,8-10,12,14-15H2,1H3/t18-,19+,21?/m0/s1. The van der Waals surface area contributed by atoms with E-state index in [9.17, 15) is 4.79 Å². The van der Waals surface area contributed by atoms with E-state index in [1.165, 1.54) is 23.2 Å².